The third-order valence-electron chi connectivity index (χ3n) is 5.95. The normalized spacial score (nSPS) is 26.1. The van der Waals surface area contributed by atoms with Crippen molar-refractivity contribution in [3.8, 4) is 0 Å². The second-order valence-electron chi connectivity index (χ2n) is 7.48. The van der Waals surface area contributed by atoms with Gasteiger partial charge < -0.3 is 15.0 Å². The van der Waals surface area contributed by atoms with Gasteiger partial charge in [0.1, 0.15) is 0 Å². The fourth-order valence-corrected chi connectivity index (χ4v) is 5.04. The molecular formula is C21H24ClN3O3. The molecule has 148 valence electrons. The summed E-state index contributed by atoms with van der Waals surface area (Å²) in [5.74, 6) is -0.727. The first-order valence-electron chi connectivity index (χ1n) is 9.63. The van der Waals surface area contributed by atoms with Crippen molar-refractivity contribution in [1.82, 2.24) is 14.8 Å². The minimum Gasteiger partial charge on any atom is -0.396 e. The number of pyridine rings is 1. The van der Waals surface area contributed by atoms with E-state index in [0.29, 0.717) is 24.7 Å². The highest BCUT2D eigenvalue weighted by molar-refractivity contribution is 6.30. The fourth-order valence-electron chi connectivity index (χ4n) is 4.83. The number of hydrogen-bond donors (Lipinski definition) is 2. The molecule has 0 radical (unpaired) electrons. The quantitative estimate of drug-likeness (QED) is 0.801. The van der Waals surface area contributed by atoms with Crippen molar-refractivity contribution >= 4 is 17.5 Å². The van der Waals surface area contributed by atoms with Gasteiger partial charge in [-0.1, -0.05) is 29.8 Å². The predicted molar refractivity (Wildman–Crippen MR) is 107 cm³/mol. The van der Waals surface area contributed by atoms with Gasteiger partial charge in [0, 0.05) is 55.0 Å². The van der Waals surface area contributed by atoms with E-state index in [0.717, 1.165) is 11.3 Å². The summed E-state index contributed by atoms with van der Waals surface area (Å²) in [4.78, 5) is 27.7. The van der Waals surface area contributed by atoms with Crippen LogP contribution < -0.4 is 10.9 Å². The Labute approximate surface area is 168 Å². The number of hydrogen-bond acceptors (Lipinski definition) is 4. The molecule has 3 heterocycles. The van der Waals surface area contributed by atoms with E-state index < -0.39 is 5.92 Å². The number of benzene rings is 1. The van der Waals surface area contributed by atoms with E-state index in [1.54, 1.807) is 16.7 Å². The van der Waals surface area contributed by atoms with E-state index >= 15 is 0 Å². The second kappa shape index (κ2) is 7.70. The van der Waals surface area contributed by atoms with E-state index in [2.05, 4.69) is 10.2 Å². The molecule has 6 nitrogen and oxygen atoms in total. The van der Waals surface area contributed by atoms with Crippen LogP contribution in [-0.2, 0) is 17.9 Å². The third-order valence-corrected chi connectivity index (χ3v) is 6.19. The lowest BCUT2D eigenvalue weighted by atomic mass is 9.86. The third kappa shape index (κ3) is 3.15. The van der Waals surface area contributed by atoms with Crippen molar-refractivity contribution < 1.29 is 9.90 Å². The van der Waals surface area contributed by atoms with Crippen molar-refractivity contribution in [1.29, 1.82) is 0 Å². The molecule has 2 aromatic rings. The minimum absolute atomic E-state index is 0.0665. The van der Waals surface area contributed by atoms with Gasteiger partial charge in [0.05, 0.1) is 12.0 Å². The first-order valence-corrected chi connectivity index (χ1v) is 10.0. The summed E-state index contributed by atoms with van der Waals surface area (Å²) >= 11 is 6.16. The summed E-state index contributed by atoms with van der Waals surface area (Å²) in [5, 5.41) is 13.7. The Kier molecular flexibility index (Phi) is 5.27. The van der Waals surface area contributed by atoms with Crippen LogP contribution in [0.4, 0.5) is 0 Å². The zero-order valence-electron chi connectivity index (χ0n) is 15.7. The molecular weight excluding hydrogens is 378 g/mol. The summed E-state index contributed by atoms with van der Waals surface area (Å²) in [7, 11) is 0. The fraction of sp³-hybridized carbons (Fsp3) is 0.429. The van der Waals surface area contributed by atoms with E-state index in [4.69, 9.17) is 11.6 Å². The molecule has 28 heavy (non-hydrogen) atoms. The van der Waals surface area contributed by atoms with Crippen molar-refractivity contribution in [2.45, 2.75) is 32.1 Å². The Morgan fingerprint density at radius 3 is 2.79 bits per heavy atom. The molecule has 1 aromatic heterocycles. The van der Waals surface area contributed by atoms with E-state index in [-0.39, 0.29) is 36.1 Å². The number of fused-ring (bicyclic) bond motifs is 4. The average Bonchev–Trinajstić information content (AvgIpc) is 2.87. The van der Waals surface area contributed by atoms with Gasteiger partial charge in [-0.2, -0.15) is 0 Å². The summed E-state index contributed by atoms with van der Waals surface area (Å²) < 4.78 is 1.76. The smallest absolute Gasteiger partial charge is 0.250 e. The maximum absolute atomic E-state index is 12.9. The van der Waals surface area contributed by atoms with Gasteiger partial charge in [0.15, 0.2) is 0 Å². The van der Waals surface area contributed by atoms with Crippen LogP contribution >= 0.6 is 11.6 Å². The molecule has 2 aliphatic rings. The number of halogens is 1. The van der Waals surface area contributed by atoms with E-state index in [1.807, 2.05) is 37.3 Å². The van der Waals surface area contributed by atoms with Gasteiger partial charge in [-0.15, -0.1) is 0 Å². The lowest BCUT2D eigenvalue weighted by Gasteiger charge is -2.38. The van der Waals surface area contributed by atoms with Crippen LogP contribution in [0.5, 0.6) is 0 Å². The number of amides is 1. The Balaban J connectivity index is 1.80. The van der Waals surface area contributed by atoms with Crippen molar-refractivity contribution in [2.24, 2.45) is 11.8 Å². The molecule has 0 saturated carbocycles. The Hall–Kier alpha value is -2.15. The maximum atomic E-state index is 12.9. The molecule has 1 aromatic carbocycles. The number of carbonyl (C=O) groups is 1. The van der Waals surface area contributed by atoms with E-state index in [9.17, 15) is 14.7 Å². The molecule has 1 amide bonds. The summed E-state index contributed by atoms with van der Waals surface area (Å²) in [6.45, 7) is 3.38. The van der Waals surface area contributed by atoms with Gasteiger partial charge >= 0.3 is 0 Å². The molecule has 4 atom stereocenters. The molecule has 2 N–H and O–H groups in total. The number of nitrogens with zero attached hydrogens (tertiary/aromatic N) is 2. The van der Waals surface area contributed by atoms with Crippen LogP contribution in [0.3, 0.4) is 0 Å². The monoisotopic (exact) mass is 401 g/mol. The summed E-state index contributed by atoms with van der Waals surface area (Å²) in [5.41, 5.74) is 1.81. The molecule has 1 saturated heterocycles. The molecule has 0 unspecified atom stereocenters. The summed E-state index contributed by atoms with van der Waals surface area (Å²) in [6, 6.07) is 12.5. The van der Waals surface area contributed by atoms with Crippen LogP contribution in [-0.4, -0.2) is 39.7 Å². The molecule has 2 aliphatic heterocycles. The topological polar surface area (TPSA) is 74.6 Å². The van der Waals surface area contributed by atoms with Crippen LogP contribution in [0, 0.1) is 11.8 Å². The van der Waals surface area contributed by atoms with Crippen molar-refractivity contribution in [3.05, 3.63) is 69.1 Å². The van der Waals surface area contributed by atoms with Gasteiger partial charge in [-0.3, -0.25) is 14.5 Å². The standard InChI is InChI=1S/C21H24ClN3O3/c1-2-23-21(28)19-15(12-26)17-11-24-16(7-4-8-18(24)27)20(19)25(17)10-13-5-3-6-14(22)9-13/h3-9,15,17,19-20,26H,2,10-12H2,1H3,(H,23,28)/t15-,17-,19+,20+/m1/s1. The van der Waals surface area contributed by atoms with Crippen LogP contribution in [0.25, 0.3) is 0 Å². The maximum Gasteiger partial charge on any atom is 0.250 e. The minimum atomic E-state index is -0.412. The molecule has 2 bridgehead atoms. The lowest BCUT2D eigenvalue weighted by Crippen LogP contribution is -2.45. The highest BCUT2D eigenvalue weighted by Gasteiger charge is 2.55. The SMILES string of the molecule is CCNC(=O)[C@H]1[C@H](CO)[C@H]2Cn3c(cccc3=O)[C@@H]1N2Cc1cccc(Cl)c1. The van der Waals surface area contributed by atoms with Gasteiger partial charge in [0.25, 0.3) is 5.56 Å². The molecule has 0 aliphatic carbocycles. The van der Waals surface area contributed by atoms with E-state index in [1.165, 1.54) is 0 Å². The number of nitrogens with one attached hydrogen (secondary N) is 1. The van der Waals surface area contributed by atoms with Crippen molar-refractivity contribution in [2.75, 3.05) is 13.2 Å². The first-order chi connectivity index (χ1) is 13.5. The Morgan fingerprint density at radius 2 is 2.07 bits per heavy atom. The second-order valence-corrected chi connectivity index (χ2v) is 7.92. The summed E-state index contributed by atoms with van der Waals surface area (Å²) in [6.07, 6.45) is 0. The van der Waals surface area contributed by atoms with Crippen LogP contribution in [0.1, 0.15) is 24.2 Å². The Bertz CT molecular complexity index is 944. The number of aliphatic hydroxyl groups excluding tert-OH is 1. The number of carbonyl (C=O) groups excluding carboxylic acids is 1. The first kappa shape index (κ1) is 19.2. The van der Waals surface area contributed by atoms with Gasteiger partial charge in [0.2, 0.25) is 5.91 Å². The van der Waals surface area contributed by atoms with Gasteiger partial charge in [-0.05, 0) is 30.7 Å². The largest absolute Gasteiger partial charge is 0.396 e. The predicted octanol–water partition coefficient (Wildman–Crippen LogP) is 1.80. The highest BCUT2D eigenvalue weighted by Crippen LogP contribution is 2.48. The number of aromatic nitrogens is 1. The zero-order chi connectivity index (χ0) is 19.8. The molecule has 7 heteroatoms. The molecule has 4 rings (SSSR count). The molecule has 0 spiro atoms. The van der Waals surface area contributed by atoms with Crippen LogP contribution in [0.15, 0.2) is 47.3 Å². The molecule has 1 fully saturated rings. The lowest BCUT2D eigenvalue weighted by molar-refractivity contribution is -0.127. The average molecular weight is 402 g/mol. The number of rotatable bonds is 5. The number of aliphatic hydroxyl groups is 1. The highest BCUT2D eigenvalue weighted by atomic mass is 35.5. The van der Waals surface area contributed by atoms with Gasteiger partial charge in [-0.25, -0.2) is 0 Å². The van der Waals surface area contributed by atoms with Crippen molar-refractivity contribution in [3.63, 3.8) is 0 Å². The van der Waals surface area contributed by atoms with Crippen LogP contribution in [0.2, 0.25) is 5.02 Å². The zero-order valence-corrected chi connectivity index (χ0v) is 16.5. The Morgan fingerprint density at radius 1 is 1.29 bits per heavy atom.